The molecule has 0 bridgehead atoms. The number of hydrogen-bond donors (Lipinski definition) is 0. The fraction of sp³-hybridized carbons (Fsp3) is 0.421. The quantitative estimate of drug-likeness (QED) is 0.589. The lowest BCUT2D eigenvalue weighted by Gasteiger charge is -2.28. The summed E-state index contributed by atoms with van der Waals surface area (Å²) in [6, 6.07) is 7.10. The van der Waals surface area contributed by atoms with Crippen LogP contribution in [0.3, 0.4) is 0 Å². The number of ether oxygens (including phenoxy) is 1. The van der Waals surface area contributed by atoms with Crippen LogP contribution < -0.4 is 4.90 Å². The Balaban J connectivity index is 1.96. The highest BCUT2D eigenvalue weighted by molar-refractivity contribution is 6.39. The van der Waals surface area contributed by atoms with Crippen LogP contribution >= 0.6 is 0 Å². The summed E-state index contributed by atoms with van der Waals surface area (Å²) in [5, 5.41) is 4.97. The molecule has 2 aliphatic rings. The van der Waals surface area contributed by atoms with Gasteiger partial charge in [-0.1, -0.05) is 19.1 Å². The topological polar surface area (TPSA) is 96.3 Å². The molecule has 2 heterocycles. The first-order chi connectivity index (χ1) is 12.8. The van der Waals surface area contributed by atoms with E-state index < -0.39 is 29.2 Å². The summed E-state index contributed by atoms with van der Waals surface area (Å²) < 4.78 is 4.94. The molecule has 1 aromatic carbocycles. The van der Waals surface area contributed by atoms with Gasteiger partial charge in [0.05, 0.1) is 18.7 Å². The number of carbonyl (C=O) groups is 4. The second kappa shape index (κ2) is 6.94. The summed E-state index contributed by atoms with van der Waals surface area (Å²) >= 11 is 0. The molecule has 1 spiro atoms. The number of carbonyl (C=O) groups excluding carboxylic acids is 4. The Kier molecular flexibility index (Phi) is 4.82. The molecule has 1 saturated heterocycles. The van der Waals surface area contributed by atoms with Gasteiger partial charge in [0.2, 0.25) is 11.8 Å². The Bertz CT molecular complexity index is 845. The SMILES string of the molecule is CCOC(=O)C1=NN(C(C)=O)[C@]2(CC(=O)N(c3ccc(CC)cc3)C2=O)C1. The standard InChI is InChI=1S/C19H21N3O5/c1-4-13-6-8-14(9-7-13)21-16(24)11-19(18(21)26)10-15(17(25)27-5-2)20-22(19)12(3)23/h6-9H,4-5,10-11H2,1-3H3/t19-/m0/s1. The van der Waals surface area contributed by atoms with Crippen LogP contribution in [-0.4, -0.2) is 46.6 Å². The maximum atomic E-state index is 13.2. The van der Waals surface area contributed by atoms with Crippen molar-refractivity contribution in [3.63, 3.8) is 0 Å². The van der Waals surface area contributed by atoms with Crippen molar-refractivity contribution >= 4 is 35.1 Å². The second-order valence-electron chi connectivity index (χ2n) is 6.54. The summed E-state index contributed by atoms with van der Waals surface area (Å²) in [4.78, 5) is 51.1. The minimum Gasteiger partial charge on any atom is -0.461 e. The summed E-state index contributed by atoms with van der Waals surface area (Å²) in [6.45, 7) is 5.05. The molecule has 8 heteroatoms. The van der Waals surface area contributed by atoms with Gasteiger partial charge in [-0.25, -0.2) is 14.7 Å². The van der Waals surface area contributed by atoms with Crippen molar-refractivity contribution in [1.29, 1.82) is 0 Å². The van der Waals surface area contributed by atoms with Gasteiger partial charge in [-0.2, -0.15) is 5.10 Å². The molecule has 3 rings (SSSR count). The maximum absolute atomic E-state index is 13.2. The average Bonchev–Trinajstić information content (AvgIpc) is 3.14. The molecule has 0 N–H and O–H groups in total. The van der Waals surface area contributed by atoms with Crippen LogP contribution in [0.1, 0.15) is 39.2 Å². The lowest BCUT2D eigenvalue weighted by atomic mass is 9.91. The van der Waals surface area contributed by atoms with E-state index in [1.165, 1.54) is 6.92 Å². The van der Waals surface area contributed by atoms with Crippen molar-refractivity contribution in [2.75, 3.05) is 11.5 Å². The number of rotatable bonds is 4. The van der Waals surface area contributed by atoms with Crippen LogP contribution in [-0.2, 0) is 30.3 Å². The molecule has 142 valence electrons. The van der Waals surface area contributed by atoms with E-state index in [-0.39, 0.29) is 25.2 Å². The van der Waals surface area contributed by atoms with Gasteiger partial charge in [0.25, 0.3) is 5.91 Å². The first kappa shape index (κ1) is 18.8. The maximum Gasteiger partial charge on any atom is 0.354 e. The highest BCUT2D eigenvalue weighted by atomic mass is 16.5. The Morgan fingerprint density at radius 1 is 1.15 bits per heavy atom. The molecular formula is C19H21N3O5. The summed E-state index contributed by atoms with van der Waals surface area (Å²) in [6.07, 6.45) is 0.466. The van der Waals surface area contributed by atoms with Crippen LogP contribution in [0.15, 0.2) is 29.4 Å². The third-order valence-electron chi connectivity index (χ3n) is 4.79. The zero-order valence-corrected chi connectivity index (χ0v) is 15.5. The molecule has 0 radical (unpaired) electrons. The number of amides is 3. The predicted molar refractivity (Wildman–Crippen MR) is 96.9 cm³/mol. The molecule has 1 atom stereocenters. The predicted octanol–water partition coefficient (Wildman–Crippen LogP) is 1.42. The number of esters is 1. The monoisotopic (exact) mass is 371 g/mol. The van der Waals surface area contributed by atoms with Crippen LogP contribution in [0, 0.1) is 0 Å². The van der Waals surface area contributed by atoms with E-state index in [2.05, 4.69) is 5.10 Å². The van der Waals surface area contributed by atoms with E-state index in [9.17, 15) is 19.2 Å². The third kappa shape index (κ3) is 3.01. The highest BCUT2D eigenvalue weighted by Crippen LogP contribution is 2.40. The van der Waals surface area contributed by atoms with E-state index in [1.54, 1.807) is 19.1 Å². The molecule has 0 aromatic heterocycles. The number of hydrazone groups is 1. The summed E-state index contributed by atoms with van der Waals surface area (Å²) in [5.74, 6) is -2.20. The Morgan fingerprint density at radius 3 is 2.37 bits per heavy atom. The van der Waals surface area contributed by atoms with Gasteiger partial charge in [0.15, 0.2) is 5.54 Å². The zero-order valence-electron chi connectivity index (χ0n) is 15.5. The van der Waals surface area contributed by atoms with Crippen molar-refractivity contribution in [3.8, 4) is 0 Å². The number of aryl methyl sites for hydroxylation is 1. The zero-order chi connectivity index (χ0) is 19.8. The number of nitrogens with zero attached hydrogens (tertiary/aromatic N) is 3. The molecular weight excluding hydrogens is 350 g/mol. The molecule has 2 aliphatic heterocycles. The normalized spacial score (nSPS) is 21.8. The molecule has 8 nitrogen and oxygen atoms in total. The van der Waals surface area contributed by atoms with Crippen LogP contribution in [0.5, 0.6) is 0 Å². The second-order valence-corrected chi connectivity index (χ2v) is 6.54. The number of benzene rings is 1. The Morgan fingerprint density at radius 2 is 1.81 bits per heavy atom. The molecule has 1 fully saturated rings. The third-order valence-corrected chi connectivity index (χ3v) is 4.79. The Labute approximate surface area is 156 Å². The molecule has 0 unspecified atom stereocenters. The molecule has 27 heavy (non-hydrogen) atoms. The highest BCUT2D eigenvalue weighted by Gasteiger charge is 2.61. The first-order valence-corrected chi connectivity index (χ1v) is 8.85. The minimum absolute atomic E-state index is 0.0311. The van der Waals surface area contributed by atoms with E-state index in [1.807, 2.05) is 19.1 Å². The van der Waals surface area contributed by atoms with Crippen molar-refractivity contribution in [1.82, 2.24) is 5.01 Å². The van der Waals surface area contributed by atoms with Crippen molar-refractivity contribution < 1.29 is 23.9 Å². The first-order valence-electron chi connectivity index (χ1n) is 8.85. The molecule has 3 amide bonds. The van der Waals surface area contributed by atoms with Gasteiger partial charge in [0, 0.05) is 13.3 Å². The fourth-order valence-electron chi connectivity index (χ4n) is 3.47. The number of hydrogen-bond acceptors (Lipinski definition) is 6. The summed E-state index contributed by atoms with van der Waals surface area (Å²) in [5.41, 5.74) is -0.0238. The van der Waals surface area contributed by atoms with Gasteiger partial charge in [0.1, 0.15) is 5.71 Å². The van der Waals surface area contributed by atoms with E-state index >= 15 is 0 Å². The average molecular weight is 371 g/mol. The van der Waals surface area contributed by atoms with Gasteiger partial charge in [-0.15, -0.1) is 0 Å². The Hall–Kier alpha value is -3.03. The van der Waals surface area contributed by atoms with Gasteiger partial charge in [-0.05, 0) is 31.0 Å². The van der Waals surface area contributed by atoms with Gasteiger partial charge < -0.3 is 4.74 Å². The van der Waals surface area contributed by atoms with Crippen LogP contribution in [0.25, 0.3) is 0 Å². The van der Waals surface area contributed by atoms with Crippen molar-refractivity contribution in [2.45, 2.75) is 45.6 Å². The molecule has 1 aromatic rings. The summed E-state index contributed by atoms with van der Waals surface area (Å²) in [7, 11) is 0. The van der Waals surface area contributed by atoms with Crippen molar-refractivity contribution in [3.05, 3.63) is 29.8 Å². The number of imide groups is 1. The lowest BCUT2D eigenvalue weighted by molar-refractivity contribution is -0.141. The minimum atomic E-state index is -1.51. The molecule has 0 saturated carbocycles. The van der Waals surface area contributed by atoms with Gasteiger partial charge >= 0.3 is 5.97 Å². The molecule has 0 aliphatic carbocycles. The van der Waals surface area contributed by atoms with E-state index in [4.69, 9.17) is 4.74 Å². The van der Waals surface area contributed by atoms with Gasteiger partial charge in [-0.3, -0.25) is 14.4 Å². The smallest absolute Gasteiger partial charge is 0.354 e. The fourth-order valence-corrected chi connectivity index (χ4v) is 3.47. The largest absolute Gasteiger partial charge is 0.461 e. The van der Waals surface area contributed by atoms with E-state index in [0.717, 1.165) is 21.9 Å². The number of anilines is 1. The van der Waals surface area contributed by atoms with Crippen LogP contribution in [0.4, 0.5) is 5.69 Å². The van der Waals surface area contributed by atoms with E-state index in [0.29, 0.717) is 5.69 Å². The van der Waals surface area contributed by atoms with Crippen molar-refractivity contribution in [2.24, 2.45) is 5.10 Å². The lowest BCUT2D eigenvalue weighted by Crippen LogP contribution is -2.51. The van der Waals surface area contributed by atoms with Crippen LogP contribution in [0.2, 0.25) is 0 Å².